The number of halogens is 3. The third-order valence-corrected chi connectivity index (χ3v) is 5.29. The van der Waals surface area contributed by atoms with E-state index in [2.05, 4.69) is 10.6 Å². The third-order valence-electron chi connectivity index (χ3n) is 4.97. The number of fused-ring (bicyclic) bond motifs is 1. The SMILES string of the molecule is CC(NC(=O)C1CC2CCCCC2N1)c1ccc(F)cc1Cl.Cl. The van der Waals surface area contributed by atoms with Crippen molar-refractivity contribution in [3.63, 3.8) is 0 Å². The van der Waals surface area contributed by atoms with Crippen LogP contribution in [-0.2, 0) is 4.79 Å². The number of hydrogen-bond donors (Lipinski definition) is 2. The minimum absolute atomic E-state index is 0. The van der Waals surface area contributed by atoms with Crippen LogP contribution in [0.4, 0.5) is 4.39 Å². The first kappa shape index (κ1) is 18.5. The van der Waals surface area contributed by atoms with Gasteiger partial charge in [-0.25, -0.2) is 4.39 Å². The van der Waals surface area contributed by atoms with Crippen molar-refractivity contribution in [2.75, 3.05) is 0 Å². The molecule has 0 radical (unpaired) electrons. The number of carbonyl (C=O) groups is 1. The Bertz CT molecular complexity index is 556. The molecule has 128 valence electrons. The van der Waals surface area contributed by atoms with Crippen LogP contribution in [0.3, 0.4) is 0 Å². The molecule has 4 unspecified atom stereocenters. The van der Waals surface area contributed by atoms with Crippen LogP contribution in [0.15, 0.2) is 18.2 Å². The maximum Gasteiger partial charge on any atom is 0.237 e. The molecule has 1 amide bonds. The van der Waals surface area contributed by atoms with Gasteiger partial charge in [-0.1, -0.05) is 30.5 Å². The van der Waals surface area contributed by atoms with Gasteiger partial charge in [-0.3, -0.25) is 4.79 Å². The molecule has 1 aliphatic carbocycles. The van der Waals surface area contributed by atoms with Crippen molar-refractivity contribution in [3.05, 3.63) is 34.6 Å². The molecule has 3 rings (SSSR count). The van der Waals surface area contributed by atoms with Crippen molar-refractivity contribution in [2.24, 2.45) is 5.92 Å². The van der Waals surface area contributed by atoms with Crippen LogP contribution in [-0.4, -0.2) is 18.0 Å². The summed E-state index contributed by atoms with van der Waals surface area (Å²) in [6, 6.07) is 4.42. The highest BCUT2D eigenvalue weighted by atomic mass is 35.5. The number of benzene rings is 1. The summed E-state index contributed by atoms with van der Waals surface area (Å²) in [6.07, 6.45) is 5.85. The van der Waals surface area contributed by atoms with E-state index in [0.717, 1.165) is 12.0 Å². The Balaban J connectivity index is 0.00000192. The van der Waals surface area contributed by atoms with E-state index in [1.165, 1.54) is 37.8 Å². The topological polar surface area (TPSA) is 41.1 Å². The lowest BCUT2D eigenvalue weighted by Crippen LogP contribution is -2.43. The zero-order chi connectivity index (χ0) is 15.7. The molecule has 0 bridgehead atoms. The third kappa shape index (κ3) is 4.17. The number of amides is 1. The minimum Gasteiger partial charge on any atom is -0.348 e. The predicted octanol–water partition coefficient (Wildman–Crippen LogP) is 4.00. The second-order valence-corrected chi connectivity index (χ2v) is 6.91. The molecular weight excluding hydrogens is 338 g/mol. The Morgan fingerprint density at radius 3 is 2.83 bits per heavy atom. The van der Waals surface area contributed by atoms with Crippen LogP contribution < -0.4 is 10.6 Å². The van der Waals surface area contributed by atoms with Gasteiger partial charge >= 0.3 is 0 Å². The Hall–Kier alpha value is -0.840. The summed E-state index contributed by atoms with van der Waals surface area (Å²) < 4.78 is 13.1. The molecule has 2 aliphatic rings. The normalized spacial score (nSPS) is 27.7. The molecule has 2 fully saturated rings. The number of hydrogen-bond acceptors (Lipinski definition) is 2. The van der Waals surface area contributed by atoms with Crippen molar-refractivity contribution >= 4 is 29.9 Å². The van der Waals surface area contributed by atoms with Crippen LogP contribution in [0.25, 0.3) is 0 Å². The molecule has 2 N–H and O–H groups in total. The average Bonchev–Trinajstić information content (AvgIpc) is 2.91. The van der Waals surface area contributed by atoms with Gasteiger partial charge in [0.25, 0.3) is 0 Å². The van der Waals surface area contributed by atoms with Gasteiger partial charge in [-0.15, -0.1) is 12.4 Å². The smallest absolute Gasteiger partial charge is 0.237 e. The first-order valence-electron chi connectivity index (χ1n) is 8.06. The summed E-state index contributed by atoms with van der Waals surface area (Å²) >= 11 is 6.06. The molecule has 1 saturated carbocycles. The van der Waals surface area contributed by atoms with Crippen LogP contribution in [0.5, 0.6) is 0 Å². The van der Waals surface area contributed by atoms with Crippen LogP contribution in [0.1, 0.15) is 50.6 Å². The molecule has 1 aromatic rings. The van der Waals surface area contributed by atoms with Crippen molar-refractivity contribution in [2.45, 2.75) is 57.2 Å². The highest BCUT2D eigenvalue weighted by molar-refractivity contribution is 6.31. The summed E-state index contributed by atoms with van der Waals surface area (Å²) in [4.78, 5) is 12.5. The zero-order valence-corrected chi connectivity index (χ0v) is 14.7. The van der Waals surface area contributed by atoms with Gasteiger partial charge < -0.3 is 10.6 Å². The maximum absolute atomic E-state index is 13.1. The highest BCUT2D eigenvalue weighted by Crippen LogP contribution is 2.33. The molecule has 1 heterocycles. The monoisotopic (exact) mass is 360 g/mol. The average molecular weight is 361 g/mol. The molecule has 3 nitrogen and oxygen atoms in total. The largest absolute Gasteiger partial charge is 0.348 e. The van der Waals surface area contributed by atoms with Gasteiger partial charge in [0.2, 0.25) is 5.91 Å². The standard InChI is InChI=1S/C17H22ClFN2O.ClH/c1-10(13-7-6-12(19)9-14(13)18)20-17(22)16-8-11-4-2-3-5-15(11)21-16;/h6-7,9-11,15-16,21H,2-5,8H2,1H3,(H,20,22);1H. The molecular formula is C17H23Cl2FN2O. The maximum atomic E-state index is 13.1. The van der Waals surface area contributed by atoms with Crippen molar-refractivity contribution in [1.82, 2.24) is 10.6 Å². The number of rotatable bonds is 3. The van der Waals surface area contributed by atoms with Crippen LogP contribution in [0.2, 0.25) is 5.02 Å². The second-order valence-electron chi connectivity index (χ2n) is 6.50. The van der Waals surface area contributed by atoms with Crippen LogP contribution >= 0.6 is 24.0 Å². The Morgan fingerprint density at radius 1 is 1.39 bits per heavy atom. The molecule has 1 saturated heterocycles. The molecule has 4 atom stereocenters. The van der Waals surface area contributed by atoms with E-state index in [9.17, 15) is 9.18 Å². The summed E-state index contributed by atoms with van der Waals surface area (Å²) in [5.74, 6) is 0.283. The zero-order valence-electron chi connectivity index (χ0n) is 13.1. The van der Waals surface area contributed by atoms with E-state index in [4.69, 9.17) is 11.6 Å². The van der Waals surface area contributed by atoms with Gasteiger partial charge in [-0.05, 0) is 49.8 Å². The fraction of sp³-hybridized carbons (Fsp3) is 0.588. The van der Waals surface area contributed by atoms with E-state index in [-0.39, 0.29) is 36.2 Å². The van der Waals surface area contributed by atoms with E-state index < -0.39 is 0 Å². The van der Waals surface area contributed by atoms with E-state index in [1.807, 2.05) is 6.92 Å². The molecule has 0 spiro atoms. The Kier molecular flexibility index (Phi) is 6.29. The van der Waals surface area contributed by atoms with Crippen molar-refractivity contribution < 1.29 is 9.18 Å². The molecule has 6 heteroatoms. The lowest BCUT2D eigenvalue weighted by atomic mass is 9.85. The van der Waals surface area contributed by atoms with Crippen molar-refractivity contribution in [3.8, 4) is 0 Å². The summed E-state index contributed by atoms with van der Waals surface area (Å²) in [5.41, 5.74) is 0.742. The van der Waals surface area contributed by atoms with Gasteiger partial charge in [0.1, 0.15) is 5.82 Å². The lowest BCUT2D eigenvalue weighted by molar-refractivity contribution is -0.123. The Labute approximate surface area is 147 Å². The Morgan fingerprint density at radius 2 is 2.13 bits per heavy atom. The molecule has 23 heavy (non-hydrogen) atoms. The summed E-state index contributed by atoms with van der Waals surface area (Å²) in [7, 11) is 0. The van der Waals surface area contributed by atoms with E-state index in [0.29, 0.717) is 17.0 Å². The quantitative estimate of drug-likeness (QED) is 0.855. The first-order valence-corrected chi connectivity index (χ1v) is 8.44. The molecule has 0 aromatic heterocycles. The molecule has 1 aromatic carbocycles. The van der Waals surface area contributed by atoms with Gasteiger partial charge in [0.15, 0.2) is 0 Å². The number of carbonyl (C=O) groups excluding carboxylic acids is 1. The predicted molar refractivity (Wildman–Crippen MR) is 92.5 cm³/mol. The second kappa shape index (κ2) is 7.82. The first-order chi connectivity index (χ1) is 10.5. The number of nitrogens with one attached hydrogen (secondary N) is 2. The van der Waals surface area contributed by atoms with Gasteiger partial charge in [0, 0.05) is 11.1 Å². The fourth-order valence-corrected chi connectivity index (χ4v) is 4.10. The van der Waals surface area contributed by atoms with Crippen molar-refractivity contribution in [1.29, 1.82) is 0 Å². The summed E-state index contributed by atoms with van der Waals surface area (Å²) in [5, 5.41) is 6.82. The molecule has 1 aliphatic heterocycles. The minimum atomic E-state index is -0.367. The van der Waals surface area contributed by atoms with Gasteiger partial charge in [-0.2, -0.15) is 0 Å². The fourth-order valence-electron chi connectivity index (χ4n) is 3.77. The highest BCUT2D eigenvalue weighted by Gasteiger charge is 2.38. The van der Waals surface area contributed by atoms with Crippen LogP contribution in [0, 0.1) is 11.7 Å². The van der Waals surface area contributed by atoms with E-state index in [1.54, 1.807) is 6.07 Å². The van der Waals surface area contributed by atoms with E-state index >= 15 is 0 Å². The van der Waals surface area contributed by atoms with Gasteiger partial charge in [0.05, 0.1) is 12.1 Å². The summed E-state index contributed by atoms with van der Waals surface area (Å²) in [6.45, 7) is 1.87. The lowest BCUT2D eigenvalue weighted by Gasteiger charge is -2.24.